The maximum atomic E-state index is 13.9. The lowest BCUT2D eigenvalue weighted by Gasteiger charge is -2.48. The number of benzene rings is 3. The molecule has 1 atom stereocenters. The van der Waals surface area contributed by atoms with Crippen molar-refractivity contribution in [2.45, 2.75) is 56.4 Å². The number of carbonyl (C=O) groups excluding carboxylic acids is 2. The molecule has 3 aromatic rings. The van der Waals surface area contributed by atoms with E-state index in [0.717, 1.165) is 94.3 Å². The number of halogens is 2. The molecule has 3 aliphatic rings. The molecule has 3 heterocycles. The molecule has 9 heteroatoms. The molecule has 242 valence electrons. The van der Waals surface area contributed by atoms with Gasteiger partial charge in [0.15, 0.2) is 0 Å². The number of nitriles is 1. The van der Waals surface area contributed by atoms with Crippen LogP contribution in [0.3, 0.4) is 0 Å². The van der Waals surface area contributed by atoms with Gasteiger partial charge in [-0.1, -0.05) is 53.5 Å². The van der Waals surface area contributed by atoms with Crippen LogP contribution < -0.4 is 0 Å². The zero-order valence-corrected chi connectivity index (χ0v) is 28.2. The number of nitrogens with zero attached hydrogens (tertiary/aromatic N) is 5. The summed E-state index contributed by atoms with van der Waals surface area (Å²) in [5.41, 5.74) is 1.67. The van der Waals surface area contributed by atoms with Crippen LogP contribution in [0.1, 0.15) is 72.3 Å². The summed E-state index contributed by atoms with van der Waals surface area (Å²) in [4.78, 5) is 36.7. The molecule has 0 saturated carbocycles. The number of carbonyl (C=O) groups is 2. The Kier molecular flexibility index (Phi) is 10.2. The van der Waals surface area contributed by atoms with Gasteiger partial charge in [-0.2, -0.15) is 5.26 Å². The van der Waals surface area contributed by atoms with Crippen LogP contribution in [0.2, 0.25) is 10.0 Å². The lowest BCUT2D eigenvalue weighted by molar-refractivity contribution is -0.146. The molecule has 2 amide bonds. The molecule has 3 fully saturated rings. The SMILES string of the molecule is CN(C[C@@H](CCN1CCC(C(=O)N2CCCC2)(N2CCCC2)CC1)c1ccc(Cl)c(Cl)c1)C(=O)c1cc(C#N)cc2ccccc12. The molecule has 3 saturated heterocycles. The fourth-order valence-corrected chi connectivity index (χ4v) is 8.12. The van der Waals surface area contributed by atoms with E-state index in [1.807, 2.05) is 55.6 Å². The highest BCUT2D eigenvalue weighted by molar-refractivity contribution is 6.42. The number of rotatable bonds is 9. The zero-order valence-electron chi connectivity index (χ0n) is 26.7. The van der Waals surface area contributed by atoms with Crippen LogP contribution in [0.25, 0.3) is 10.8 Å². The zero-order chi connectivity index (χ0) is 32.3. The molecule has 0 unspecified atom stereocenters. The molecule has 0 N–H and O–H groups in total. The average molecular weight is 661 g/mol. The van der Waals surface area contributed by atoms with E-state index < -0.39 is 0 Å². The van der Waals surface area contributed by atoms with Crippen molar-refractivity contribution in [1.29, 1.82) is 5.26 Å². The van der Waals surface area contributed by atoms with Crippen molar-refractivity contribution in [2.24, 2.45) is 0 Å². The third-order valence-corrected chi connectivity index (χ3v) is 11.2. The smallest absolute Gasteiger partial charge is 0.254 e. The predicted octanol–water partition coefficient (Wildman–Crippen LogP) is 6.82. The first-order valence-electron chi connectivity index (χ1n) is 16.7. The molecule has 46 heavy (non-hydrogen) atoms. The summed E-state index contributed by atoms with van der Waals surface area (Å²) in [5, 5.41) is 12.3. The average Bonchev–Trinajstić information content (AvgIpc) is 3.83. The summed E-state index contributed by atoms with van der Waals surface area (Å²) < 4.78 is 0. The van der Waals surface area contributed by atoms with Gasteiger partial charge in [0.2, 0.25) is 5.91 Å². The van der Waals surface area contributed by atoms with Crippen molar-refractivity contribution >= 4 is 45.8 Å². The van der Waals surface area contributed by atoms with Gasteiger partial charge in [-0.3, -0.25) is 14.5 Å². The van der Waals surface area contributed by atoms with E-state index in [9.17, 15) is 14.9 Å². The number of fused-ring (bicyclic) bond motifs is 1. The Hall–Kier alpha value is -3.15. The number of hydrogen-bond acceptors (Lipinski definition) is 5. The standard InChI is InChI=1S/C37H43Cl2N5O2/c1-41(35(45)32-23-27(25-40)22-29-8-2-3-9-31(29)32)26-30(28-10-11-33(38)34(39)24-28)12-19-42-20-13-37(14-21-42,44-17-6-7-18-44)36(46)43-15-4-5-16-43/h2-3,8-11,22-24,30H,4-7,12-21,26H2,1H3/t30-/m1/s1. The number of hydrogen-bond donors (Lipinski definition) is 0. The van der Waals surface area contributed by atoms with Crippen LogP contribution in [-0.4, -0.2) is 96.4 Å². The normalized spacial score (nSPS) is 19.3. The molecular formula is C37H43Cl2N5O2. The Morgan fingerprint density at radius 2 is 1.61 bits per heavy atom. The van der Waals surface area contributed by atoms with Crippen LogP contribution in [-0.2, 0) is 4.79 Å². The second-order valence-electron chi connectivity index (χ2n) is 13.3. The fourth-order valence-electron chi connectivity index (χ4n) is 7.81. The molecule has 7 nitrogen and oxygen atoms in total. The van der Waals surface area contributed by atoms with Crippen LogP contribution in [0.5, 0.6) is 0 Å². The van der Waals surface area contributed by atoms with E-state index in [1.54, 1.807) is 11.0 Å². The minimum Gasteiger partial charge on any atom is -0.341 e. The van der Waals surface area contributed by atoms with Crippen LogP contribution >= 0.6 is 23.2 Å². The van der Waals surface area contributed by atoms with Gasteiger partial charge in [-0.25, -0.2) is 0 Å². The third kappa shape index (κ3) is 6.78. The minimum absolute atomic E-state index is 0.0191. The monoisotopic (exact) mass is 659 g/mol. The van der Waals surface area contributed by atoms with E-state index in [1.165, 1.54) is 12.8 Å². The first-order chi connectivity index (χ1) is 22.3. The van der Waals surface area contributed by atoms with Gasteiger partial charge in [-0.05, 0) is 105 Å². The van der Waals surface area contributed by atoms with Crippen molar-refractivity contribution in [1.82, 2.24) is 19.6 Å². The van der Waals surface area contributed by atoms with Crippen LogP contribution in [0, 0.1) is 11.3 Å². The van der Waals surface area contributed by atoms with E-state index in [-0.39, 0.29) is 17.4 Å². The summed E-state index contributed by atoms with van der Waals surface area (Å²) in [6.07, 6.45) is 7.12. The van der Waals surface area contributed by atoms with Crippen molar-refractivity contribution in [3.8, 4) is 6.07 Å². The van der Waals surface area contributed by atoms with E-state index in [4.69, 9.17) is 23.2 Å². The van der Waals surface area contributed by atoms with Crippen molar-refractivity contribution in [3.63, 3.8) is 0 Å². The van der Waals surface area contributed by atoms with Gasteiger partial charge in [-0.15, -0.1) is 0 Å². The highest BCUT2D eigenvalue weighted by Gasteiger charge is 2.49. The molecule has 3 aliphatic heterocycles. The van der Waals surface area contributed by atoms with Gasteiger partial charge in [0, 0.05) is 51.3 Å². The summed E-state index contributed by atoms with van der Waals surface area (Å²) in [5.74, 6) is 0.256. The maximum absolute atomic E-state index is 13.9. The molecule has 6 rings (SSSR count). The fraction of sp³-hybridized carbons (Fsp3) is 0.486. The van der Waals surface area contributed by atoms with E-state index >= 15 is 0 Å². The molecule has 0 aliphatic carbocycles. The predicted molar refractivity (Wildman–Crippen MR) is 184 cm³/mol. The first kappa shape index (κ1) is 32.8. The molecule has 0 aromatic heterocycles. The van der Waals surface area contributed by atoms with Crippen molar-refractivity contribution in [3.05, 3.63) is 81.3 Å². The Labute approximate surface area is 282 Å². The Balaban J connectivity index is 1.18. The molecule has 0 spiro atoms. The minimum atomic E-state index is -0.367. The first-order valence-corrected chi connectivity index (χ1v) is 17.4. The van der Waals surface area contributed by atoms with Gasteiger partial charge in [0.1, 0.15) is 5.54 Å². The maximum Gasteiger partial charge on any atom is 0.254 e. The van der Waals surface area contributed by atoms with Gasteiger partial charge < -0.3 is 14.7 Å². The second kappa shape index (κ2) is 14.3. The number of likely N-dealkylation sites (N-methyl/N-ethyl adjacent to an activating group) is 1. The Bertz CT molecular complexity index is 1620. The van der Waals surface area contributed by atoms with Crippen molar-refractivity contribution in [2.75, 3.05) is 59.4 Å². The summed E-state index contributed by atoms with van der Waals surface area (Å²) in [6.45, 7) is 6.93. The molecule has 0 bridgehead atoms. The number of likely N-dealkylation sites (tertiary alicyclic amines) is 3. The molecule has 3 aromatic carbocycles. The quantitative estimate of drug-likeness (QED) is 0.252. The molecule has 0 radical (unpaired) electrons. The van der Waals surface area contributed by atoms with Gasteiger partial charge >= 0.3 is 0 Å². The van der Waals surface area contributed by atoms with E-state index in [0.29, 0.717) is 33.6 Å². The summed E-state index contributed by atoms with van der Waals surface area (Å²) >= 11 is 12.8. The van der Waals surface area contributed by atoms with Crippen LogP contribution in [0.4, 0.5) is 0 Å². The second-order valence-corrected chi connectivity index (χ2v) is 14.1. The summed E-state index contributed by atoms with van der Waals surface area (Å²) in [6, 6.07) is 19.2. The van der Waals surface area contributed by atoms with Crippen LogP contribution in [0.15, 0.2) is 54.6 Å². The topological polar surface area (TPSA) is 70.9 Å². The van der Waals surface area contributed by atoms with E-state index in [2.05, 4.69) is 20.8 Å². The van der Waals surface area contributed by atoms with Gasteiger partial charge in [0.25, 0.3) is 5.91 Å². The highest BCUT2D eigenvalue weighted by atomic mass is 35.5. The summed E-state index contributed by atoms with van der Waals surface area (Å²) in [7, 11) is 1.83. The number of amides is 2. The largest absolute Gasteiger partial charge is 0.341 e. The number of piperidine rings is 1. The lowest BCUT2D eigenvalue weighted by atomic mass is 9.83. The third-order valence-electron chi connectivity index (χ3n) is 10.5. The van der Waals surface area contributed by atoms with Gasteiger partial charge in [0.05, 0.1) is 21.7 Å². The Morgan fingerprint density at radius 3 is 2.30 bits per heavy atom. The lowest BCUT2D eigenvalue weighted by Crippen LogP contribution is -2.63. The molecular weight excluding hydrogens is 617 g/mol. The highest BCUT2D eigenvalue weighted by Crippen LogP contribution is 2.36. The Morgan fingerprint density at radius 1 is 0.913 bits per heavy atom. The van der Waals surface area contributed by atoms with Crippen molar-refractivity contribution < 1.29 is 9.59 Å².